The van der Waals surface area contributed by atoms with Gasteiger partial charge in [0.1, 0.15) is 6.54 Å². The van der Waals surface area contributed by atoms with Crippen LogP contribution >= 0.6 is 15.9 Å². The first-order valence-corrected chi connectivity index (χ1v) is 10.3. The van der Waals surface area contributed by atoms with Crippen LogP contribution in [-0.2, 0) is 14.8 Å². The Balaban J connectivity index is 2.34. The molecule has 0 saturated carbocycles. The van der Waals surface area contributed by atoms with Crippen LogP contribution in [0.25, 0.3) is 0 Å². The maximum atomic E-state index is 13.0. The molecule has 0 saturated heterocycles. The summed E-state index contributed by atoms with van der Waals surface area (Å²) in [6.07, 6.45) is 1.81. The van der Waals surface area contributed by atoms with Crippen molar-refractivity contribution in [3.05, 3.63) is 59.1 Å². The summed E-state index contributed by atoms with van der Waals surface area (Å²) in [5, 5.41) is 2.77. The first kappa shape index (κ1) is 19.5. The Morgan fingerprint density at radius 1 is 1.12 bits per heavy atom. The van der Waals surface area contributed by atoms with Crippen LogP contribution in [-0.4, -0.2) is 27.4 Å². The normalized spacial score (nSPS) is 11.1. The number of nitrogens with one attached hydrogen (secondary N) is 1. The highest BCUT2D eigenvalue weighted by Crippen LogP contribution is 2.26. The molecule has 134 valence electrons. The van der Waals surface area contributed by atoms with E-state index in [-0.39, 0.29) is 17.3 Å². The van der Waals surface area contributed by atoms with Crippen molar-refractivity contribution in [3.63, 3.8) is 0 Å². The van der Waals surface area contributed by atoms with Crippen LogP contribution < -0.4 is 9.62 Å². The highest BCUT2D eigenvalue weighted by atomic mass is 79.9. The number of anilines is 1. The van der Waals surface area contributed by atoms with Gasteiger partial charge in [0.05, 0.1) is 10.6 Å². The molecule has 0 aliphatic carbocycles. The van der Waals surface area contributed by atoms with Gasteiger partial charge in [-0.3, -0.25) is 9.10 Å². The molecule has 2 aromatic carbocycles. The highest BCUT2D eigenvalue weighted by molar-refractivity contribution is 9.10. The van der Waals surface area contributed by atoms with Gasteiger partial charge in [0.25, 0.3) is 10.0 Å². The van der Waals surface area contributed by atoms with E-state index in [0.717, 1.165) is 21.6 Å². The molecular formula is C18H21BrN2O3S. The Kier molecular flexibility index (Phi) is 7.01. The van der Waals surface area contributed by atoms with Gasteiger partial charge in [-0.25, -0.2) is 8.42 Å². The van der Waals surface area contributed by atoms with Crippen LogP contribution in [0, 0.1) is 0 Å². The fourth-order valence-electron chi connectivity index (χ4n) is 2.26. The first-order valence-electron chi connectivity index (χ1n) is 8.05. The second kappa shape index (κ2) is 9.01. The minimum Gasteiger partial charge on any atom is -0.355 e. The Bertz CT molecular complexity index is 810. The third kappa shape index (κ3) is 5.31. The molecule has 0 atom stereocenters. The number of sulfonamides is 1. The summed E-state index contributed by atoms with van der Waals surface area (Å²) in [4.78, 5) is 12.4. The third-order valence-corrected chi connectivity index (χ3v) is 5.85. The van der Waals surface area contributed by atoms with Crippen molar-refractivity contribution in [1.82, 2.24) is 5.32 Å². The van der Waals surface area contributed by atoms with E-state index in [1.54, 1.807) is 42.5 Å². The number of hydrogen-bond donors (Lipinski definition) is 1. The van der Waals surface area contributed by atoms with Gasteiger partial charge in [0.15, 0.2) is 0 Å². The van der Waals surface area contributed by atoms with Gasteiger partial charge >= 0.3 is 0 Å². The topological polar surface area (TPSA) is 66.5 Å². The molecule has 0 aliphatic rings. The average molecular weight is 425 g/mol. The maximum Gasteiger partial charge on any atom is 0.264 e. The van der Waals surface area contributed by atoms with Crippen LogP contribution in [0.15, 0.2) is 64.0 Å². The predicted molar refractivity (Wildman–Crippen MR) is 103 cm³/mol. The second-order valence-corrected chi connectivity index (χ2v) is 8.29. The van der Waals surface area contributed by atoms with Crippen molar-refractivity contribution < 1.29 is 13.2 Å². The van der Waals surface area contributed by atoms with E-state index in [9.17, 15) is 13.2 Å². The van der Waals surface area contributed by atoms with Crippen LogP contribution in [0.1, 0.15) is 19.8 Å². The largest absolute Gasteiger partial charge is 0.355 e. The fourth-order valence-corrected chi connectivity index (χ4v) is 4.08. The minimum absolute atomic E-state index is 0.149. The molecule has 1 N–H and O–H groups in total. The molecule has 0 heterocycles. The molecular weight excluding hydrogens is 404 g/mol. The first-order chi connectivity index (χ1) is 11.9. The summed E-state index contributed by atoms with van der Waals surface area (Å²) >= 11 is 3.35. The van der Waals surface area contributed by atoms with Crippen molar-refractivity contribution in [2.45, 2.75) is 24.7 Å². The lowest BCUT2D eigenvalue weighted by molar-refractivity contribution is -0.119. The summed E-state index contributed by atoms with van der Waals surface area (Å²) < 4.78 is 28.0. The number of carbonyl (C=O) groups is 1. The average Bonchev–Trinajstić information content (AvgIpc) is 2.60. The summed E-state index contributed by atoms with van der Waals surface area (Å²) in [7, 11) is -3.84. The number of unbranched alkanes of at least 4 members (excludes halogenated alkanes) is 1. The molecule has 0 aromatic heterocycles. The molecule has 7 heteroatoms. The lowest BCUT2D eigenvalue weighted by Gasteiger charge is -2.24. The Labute approximate surface area is 157 Å². The second-order valence-electron chi connectivity index (χ2n) is 5.51. The molecule has 0 unspecified atom stereocenters. The van der Waals surface area contributed by atoms with E-state index in [4.69, 9.17) is 0 Å². The Morgan fingerprint density at radius 2 is 1.84 bits per heavy atom. The fraction of sp³-hybridized carbons (Fsp3) is 0.278. The monoisotopic (exact) mass is 424 g/mol. The highest BCUT2D eigenvalue weighted by Gasteiger charge is 2.27. The molecule has 0 spiro atoms. The molecule has 0 aliphatic heterocycles. The lowest BCUT2D eigenvalue weighted by atomic mass is 10.3. The van der Waals surface area contributed by atoms with Gasteiger partial charge in [-0.1, -0.05) is 53.5 Å². The van der Waals surface area contributed by atoms with E-state index >= 15 is 0 Å². The zero-order valence-electron chi connectivity index (χ0n) is 14.0. The Hall–Kier alpha value is -1.86. The standard InChI is InChI=1S/C18H21BrN2O3S/c1-2-3-12-20-18(22)14-21(16-9-7-8-15(19)13-16)25(23,24)17-10-5-4-6-11-17/h4-11,13H,2-3,12,14H2,1H3,(H,20,22). The smallest absolute Gasteiger partial charge is 0.264 e. The SMILES string of the molecule is CCCCNC(=O)CN(c1cccc(Br)c1)S(=O)(=O)c1ccccc1. The molecule has 2 aromatic rings. The number of amides is 1. The van der Waals surface area contributed by atoms with Gasteiger partial charge in [-0.2, -0.15) is 0 Å². The number of carbonyl (C=O) groups excluding carboxylic acids is 1. The molecule has 2 rings (SSSR count). The van der Waals surface area contributed by atoms with E-state index in [1.165, 1.54) is 12.1 Å². The van der Waals surface area contributed by atoms with Crippen LogP contribution in [0.2, 0.25) is 0 Å². The van der Waals surface area contributed by atoms with E-state index in [1.807, 2.05) is 6.92 Å². The van der Waals surface area contributed by atoms with Crippen LogP contribution in [0.5, 0.6) is 0 Å². The zero-order valence-corrected chi connectivity index (χ0v) is 16.4. The number of benzene rings is 2. The van der Waals surface area contributed by atoms with Gasteiger partial charge in [-0.05, 0) is 36.8 Å². The quantitative estimate of drug-likeness (QED) is 0.658. The molecule has 0 bridgehead atoms. The van der Waals surface area contributed by atoms with Crippen molar-refractivity contribution in [2.24, 2.45) is 0 Å². The van der Waals surface area contributed by atoms with Gasteiger partial charge in [-0.15, -0.1) is 0 Å². The summed E-state index contributed by atoms with van der Waals surface area (Å²) in [5.41, 5.74) is 0.434. The van der Waals surface area contributed by atoms with Crippen LogP contribution in [0.3, 0.4) is 0 Å². The van der Waals surface area contributed by atoms with Crippen molar-refractivity contribution in [2.75, 3.05) is 17.4 Å². The zero-order chi connectivity index (χ0) is 18.3. The number of halogens is 1. The van der Waals surface area contributed by atoms with Gasteiger partial charge in [0, 0.05) is 11.0 Å². The third-order valence-electron chi connectivity index (χ3n) is 3.57. The van der Waals surface area contributed by atoms with E-state index in [0.29, 0.717) is 12.2 Å². The Morgan fingerprint density at radius 3 is 2.48 bits per heavy atom. The van der Waals surface area contributed by atoms with Gasteiger partial charge in [0.2, 0.25) is 5.91 Å². The molecule has 0 radical (unpaired) electrons. The molecule has 0 fully saturated rings. The van der Waals surface area contributed by atoms with Gasteiger partial charge < -0.3 is 5.32 Å². The lowest BCUT2D eigenvalue weighted by Crippen LogP contribution is -2.41. The van der Waals surface area contributed by atoms with E-state index < -0.39 is 10.0 Å². The molecule has 5 nitrogen and oxygen atoms in total. The van der Waals surface area contributed by atoms with Crippen LogP contribution in [0.4, 0.5) is 5.69 Å². The number of hydrogen-bond acceptors (Lipinski definition) is 3. The number of rotatable bonds is 8. The minimum atomic E-state index is -3.84. The van der Waals surface area contributed by atoms with Crippen molar-refractivity contribution in [3.8, 4) is 0 Å². The molecule has 25 heavy (non-hydrogen) atoms. The van der Waals surface area contributed by atoms with Crippen molar-refractivity contribution >= 4 is 37.5 Å². The predicted octanol–water partition coefficient (Wildman–Crippen LogP) is 3.56. The summed E-state index contributed by atoms with van der Waals surface area (Å²) in [6.45, 7) is 2.30. The van der Waals surface area contributed by atoms with Crippen molar-refractivity contribution in [1.29, 1.82) is 0 Å². The summed E-state index contributed by atoms with van der Waals surface area (Å²) in [5.74, 6) is -0.326. The maximum absolute atomic E-state index is 13.0. The van der Waals surface area contributed by atoms with E-state index in [2.05, 4.69) is 21.2 Å². The number of nitrogens with zero attached hydrogens (tertiary/aromatic N) is 1. The summed E-state index contributed by atoms with van der Waals surface area (Å²) in [6, 6.07) is 15.0. The molecule has 1 amide bonds.